The maximum absolute atomic E-state index is 12.1. The zero-order valence-corrected chi connectivity index (χ0v) is 7.97. The van der Waals surface area contributed by atoms with Crippen molar-refractivity contribution in [2.24, 2.45) is 11.8 Å². The summed E-state index contributed by atoms with van der Waals surface area (Å²) in [6.07, 6.45) is 1.79. The van der Waals surface area contributed by atoms with Gasteiger partial charge in [0.05, 0.1) is 0 Å². The molecule has 2 aliphatic rings. The lowest BCUT2D eigenvalue weighted by molar-refractivity contribution is 0.00732. The van der Waals surface area contributed by atoms with Gasteiger partial charge in [-0.15, -0.1) is 0 Å². The van der Waals surface area contributed by atoms with Crippen LogP contribution < -0.4 is 5.32 Å². The van der Waals surface area contributed by atoms with Crippen molar-refractivity contribution in [2.45, 2.75) is 51.1 Å². The zero-order valence-electron chi connectivity index (χ0n) is 7.97. The smallest absolute Gasteiger partial charge is 0.241 e. The van der Waals surface area contributed by atoms with Gasteiger partial charge >= 0.3 is 0 Å². The second kappa shape index (κ2) is 3.52. The van der Waals surface area contributed by atoms with Crippen molar-refractivity contribution in [1.29, 1.82) is 0 Å². The summed E-state index contributed by atoms with van der Waals surface area (Å²) in [5, 5.41) is 3.45. The number of alkyl halides is 2. The average Bonchev–Trinajstić information content (AvgIpc) is 1.98. The molecule has 0 aliphatic heterocycles. The molecule has 2 unspecified atom stereocenters. The largest absolute Gasteiger partial charge is 0.311 e. The Hall–Kier alpha value is -0.180. The van der Waals surface area contributed by atoms with Gasteiger partial charge in [0.25, 0.3) is 0 Å². The lowest BCUT2D eigenvalue weighted by Gasteiger charge is -2.43. The van der Waals surface area contributed by atoms with Gasteiger partial charge in [0.2, 0.25) is 6.43 Å². The van der Waals surface area contributed by atoms with Crippen molar-refractivity contribution in [1.82, 2.24) is 5.32 Å². The fraction of sp³-hybridized carbons (Fsp3) is 1.00. The van der Waals surface area contributed by atoms with E-state index >= 15 is 0 Å². The van der Waals surface area contributed by atoms with E-state index in [1.54, 1.807) is 0 Å². The third-order valence-electron chi connectivity index (χ3n) is 3.60. The Balaban J connectivity index is 1.64. The minimum Gasteiger partial charge on any atom is -0.311 e. The molecule has 1 N–H and O–H groups in total. The van der Waals surface area contributed by atoms with Gasteiger partial charge in [-0.3, -0.25) is 0 Å². The fourth-order valence-corrected chi connectivity index (χ4v) is 2.22. The molecule has 2 fully saturated rings. The summed E-state index contributed by atoms with van der Waals surface area (Å²) in [5.74, 6) is 0.429. The van der Waals surface area contributed by atoms with E-state index < -0.39 is 6.43 Å². The van der Waals surface area contributed by atoms with Gasteiger partial charge in [0.15, 0.2) is 0 Å². The van der Waals surface area contributed by atoms with Crippen LogP contribution in [0.2, 0.25) is 0 Å². The molecule has 0 saturated heterocycles. The summed E-state index contributed by atoms with van der Waals surface area (Å²) >= 11 is 0. The molecule has 2 aliphatic carbocycles. The summed E-state index contributed by atoms with van der Waals surface area (Å²) in [4.78, 5) is 0. The summed E-state index contributed by atoms with van der Waals surface area (Å²) in [7, 11) is 0. The van der Waals surface area contributed by atoms with E-state index in [2.05, 4.69) is 12.2 Å². The third-order valence-corrected chi connectivity index (χ3v) is 3.60. The van der Waals surface area contributed by atoms with Crippen LogP contribution in [0.4, 0.5) is 8.78 Å². The Morgan fingerprint density at radius 3 is 2.31 bits per heavy atom. The molecule has 0 heterocycles. The molecule has 2 atom stereocenters. The van der Waals surface area contributed by atoms with Gasteiger partial charge < -0.3 is 5.32 Å². The van der Waals surface area contributed by atoms with Crippen LogP contribution in [0.3, 0.4) is 0 Å². The molecule has 2 rings (SSSR count). The van der Waals surface area contributed by atoms with Crippen LogP contribution in [0, 0.1) is 11.8 Å². The Labute approximate surface area is 77.9 Å². The van der Waals surface area contributed by atoms with Crippen LogP contribution in [0.1, 0.15) is 32.6 Å². The van der Waals surface area contributed by atoms with Crippen molar-refractivity contribution in [2.75, 3.05) is 0 Å². The number of hydrogen-bond acceptors (Lipinski definition) is 1. The Bertz CT molecular complexity index is 178. The van der Waals surface area contributed by atoms with Gasteiger partial charge in [-0.1, -0.05) is 6.92 Å². The highest BCUT2D eigenvalue weighted by Gasteiger charge is 2.38. The molecule has 0 aromatic heterocycles. The lowest BCUT2D eigenvalue weighted by Crippen LogP contribution is -2.53. The molecule has 0 bridgehead atoms. The van der Waals surface area contributed by atoms with Crippen molar-refractivity contribution in [3.05, 3.63) is 0 Å². The molecule has 0 aromatic carbocycles. The van der Waals surface area contributed by atoms with E-state index in [9.17, 15) is 8.78 Å². The van der Waals surface area contributed by atoms with Crippen molar-refractivity contribution in [3.8, 4) is 0 Å². The number of halogens is 2. The first-order valence-electron chi connectivity index (χ1n) is 5.21. The van der Waals surface area contributed by atoms with Crippen LogP contribution in [0.5, 0.6) is 0 Å². The van der Waals surface area contributed by atoms with Crippen molar-refractivity contribution < 1.29 is 8.78 Å². The predicted molar refractivity (Wildman–Crippen MR) is 47.8 cm³/mol. The molecule has 0 amide bonds. The maximum atomic E-state index is 12.1. The predicted octanol–water partition coefficient (Wildman–Crippen LogP) is 2.42. The standard InChI is InChI=1S/C10H17F2N/c1-6-2-3-9(6)13-8-4-7(5-8)10(11)12/h6-10,13H,2-5H2,1H3. The topological polar surface area (TPSA) is 12.0 Å². The van der Waals surface area contributed by atoms with Crippen LogP contribution in [0.15, 0.2) is 0 Å². The molecule has 1 nitrogen and oxygen atoms in total. The average molecular weight is 189 g/mol. The number of hydrogen-bond donors (Lipinski definition) is 1. The Kier molecular flexibility index (Phi) is 2.54. The van der Waals surface area contributed by atoms with Gasteiger partial charge in [-0.2, -0.15) is 0 Å². The molecule has 0 aromatic rings. The van der Waals surface area contributed by atoms with Crippen molar-refractivity contribution in [3.63, 3.8) is 0 Å². The van der Waals surface area contributed by atoms with E-state index in [1.165, 1.54) is 12.8 Å². The van der Waals surface area contributed by atoms with Gasteiger partial charge in [0.1, 0.15) is 0 Å². The lowest BCUT2D eigenvalue weighted by atomic mass is 9.76. The molecular formula is C10H17F2N. The summed E-state index contributed by atoms with van der Waals surface area (Å²) < 4.78 is 24.3. The first kappa shape index (κ1) is 9.38. The highest BCUT2D eigenvalue weighted by Crippen LogP contribution is 2.35. The van der Waals surface area contributed by atoms with E-state index in [4.69, 9.17) is 0 Å². The minimum atomic E-state index is -2.10. The van der Waals surface area contributed by atoms with E-state index in [-0.39, 0.29) is 5.92 Å². The highest BCUT2D eigenvalue weighted by atomic mass is 19.3. The molecule has 76 valence electrons. The van der Waals surface area contributed by atoms with Crippen LogP contribution in [0.25, 0.3) is 0 Å². The minimum absolute atomic E-state index is 0.326. The zero-order chi connectivity index (χ0) is 9.42. The SMILES string of the molecule is CC1CCC1NC1CC(C(F)F)C1. The molecule has 13 heavy (non-hydrogen) atoms. The summed E-state index contributed by atoms with van der Waals surface area (Å²) in [6.45, 7) is 2.23. The fourth-order valence-electron chi connectivity index (χ4n) is 2.22. The van der Waals surface area contributed by atoms with Crippen LogP contribution in [-0.2, 0) is 0 Å². The first-order chi connectivity index (χ1) is 6.16. The number of rotatable bonds is 3. The van der Waals surface area contributed by atoms with E-state index in [0.717, 1.165) is 5.92 Å². The second-order valence-corrected chi connectivity index (χ2v) is 4.59. The summed E-state index contributed by atoms with van der Waals surface area (Å²) in [6, 6.07) is 0.996. The Morgan fingerprint density at radius 2 is 1.92 bits per heavy atom. The molecule has 0 spiro atoms. The molecular weight excluding hydrogens is 172 g/mol. The summed E-state index contributed by atoms with van der Waals surface area (Å²) in [5.41, 5.74) is 0. The van der Waals surface area contributed by atoms with Gasteiger partial charge in [-0.25, -0.2) is 8.78 Å². The molecule has 0 radical (unpaired) electrons. The van der Waals surface area contributed by atoms with Crippen LogP contribution in [-0.4, -0.2) is 18.5 Å². The normalized spacial score (nSPS) is 44.3. The van der Waals surface area contributed by atoms with Gasteiger partial charge in [-0.05, 0) is 31.6 Å². The molecule has 2 saturated carbocycles. The highest BCUT2D eigenvalue weighted by molar-refractivity contribution is 4.92. The third kappa shape index (κ3) is 1.85. The Morgan fingerprint density at radius 1 is 1.23 bits per heavy atom. The second-order valence-electron chi connectivity index (χ2n) is 4.59. The first-order valence-corrected chi connectivity index (χ1v) is 5.21. The van der Waals surface area contributed by atoms with E-state index in [1.807, 2.05) is 0 Å². The maximum Gasteiger partial charge on any atom is 0.241 e. The number of nitrogens with one attached hydrogen (secondary N) is 1. The quantitative estimate of drug-likeness (QED) is 0.719. The molecule has 3 heteroatoms. The van der Waals surface area contributed by atoms with Crippen LogP contribution >= 0.6 is 0 Å². The van der Waals surface area contributed by atoms with Crippen molar-refractivity contribution >= 4 is 0 Å². The van der Waals surface area contributed by atoms with E-state index in [0.29, 0.717) is 24.9 Å². The van der Waals surface area contributed by atoms with Gasteiger partial charge in [0, 0.05) is 18.0 Å². The monoisotopic (exact) mass is 189 g/mol.